The molecule has 0 aliphatic carbocycles. The Morgan fingerprint density at radius 1 is 0.356 bits per heavy atom. The minimum Gasteiger partial charge on any atom is -0.462 e. The molecule has 0 amide bonds. The molecule has 0 saturated heterocycles. The van der Waals surface area contributed by atoms with E-state index < -0.39 is 6.10 Å². The molecule has 0 rings (SSSR count). The van der Waals surface area contributed by atoms with Crippen LogP contribution in [-0.2, 0) is 28.6 Å². The van der Waals surface area contributed by atoms with Crippen molar-refractivity contribution in [2.75, 3.05) is 13.2 Å². The molecule has 0 aliphatic heterocycles. The Bertz CT molecular complexity index is 1170. The van der Waals surface area contributed by atoms with Crippen LogP contribution in [0.15, 0.2) is 85.1 Å². The van der Waals surface area contributed by atoms with E-state index in [4.69, 9.17) is 14.2 Å². The van der Waals surface area contributed by atoms with E-state index in [2.05, 4.69) is 93.7 Å². The normalized spacial score (nSPS) is 12.8. The molecule has 0 N–H and O–H groups in total. The third-order valence-corrected chi connectivity index (χ3v) is 9.87. The molecule has 0 aromatic carbocycles. The van der Waals surface area contributed by atoms with Crippen molar-refractivity contribution in [3.8, 4) is 0 Å². The lowest BCUT2D eigenvalue weighted by Gasteiger charge is -2.18. The van der Waals surface area contributed by atoms with Crippen molar-refractivity contribution in [3.63, 3.8) is 0 Å². The Morgan fingerprint density at radius 2 is 0.712 bits per heavy atom. The van der Waals surface area contributed by atoms with Gasteiger partial charge in [0.15, 0.2) is 6.10 Å². The van der Waals surface area contributed by atoms with E-state index >= 15 is 0 Å². The maximum atomic E-state index is 12.7. The Labute approximate surface area is 363 Å². The van der Waals surface area contributed by atoms with Gasteiger partial charge in [0.25, 0.3) is 0 Å². The number of esters is 3. The Morgan fingerprint density at radius 3 is 1.20 bits per heavy atom. The fraction of sp³-hybridized carbons (Fsp3) is 0.679. The van der Waals surface area contributed by atoms with Crippen molar-refractivity contribution in [2.24, 2.45) is 0 Å². The van der Waals surface area contributed by atoms with E-state index in [9.17, 15) is 14.4 Å². The first kappa shape index (κ1) is 55.6. The van der Waals surface area contributed by atoms with Gasteiger partial charge in [-0.1, -0.05) is 183 Å². The Balaban J connectivity index is 4.52. The van der Waals surface area contributed by atoms with Gasteiger partial charge in [0.2, 0.25) is 0 Å². The summed E-state index contributed by atoms with van der Waals surface area (Å²) in [7, 11) is 0. The van der Waals surface area contributed by atoms with Crippen LogP contribution in [0.2, 0.25) is 0 Å². The van der Waals surface area contributed by atoms with Crippen molar-refractivity contribution >= 4 is 17.9 Å². The van der Waals surface area contributed by atoms with E-state index in [1.54, 1.807) is 0 Å². The standard InChI is InChI=1S/C53H88O6/c1-4-7-10-13-16-19-22-25-28-31-34-37-40-43-46-52(55)58-49-50(48-57-51(54)45-42-39-36-33-30-27-24-21-18-15-12-9-6-3)59-53(56)47-44-41-38-35-32-29-26-23-20-17-14-11-8-5-2/h9,12-13,16,18,21-23,25-27,30,36,39,50H,4-8,10-11,14-15,17,19-20,24,28-29,31-35,37-38,40-49H2,1-3H3/b12-9-,16-13-,21-18-,25-22-,26-23-,30-27-,39-36-. The Kier molecular flexibility index (Phi) is 44.5. The molecule has 0 bridgehead atoms. The zero-order valence-corrected chi connectivity index (χ0v) is 38.2. The molecule has 6 heteroatoms. The average Bonchev–Trinajstić information content (AvgIpc) is 3.23. The number of carbonyl (C=O) groups is 3. The lowest BCUT2D eigenvalue weighted by atomic mass is 10.1. The lowest BCUT2D eigenvalue weighted by Crippen LogP contribution is -2.30. The molecule has 0 saturated carbocycles. The first-order valence-corrected chi connectivity index (χ1v) is 24.1. The minimum atomic E-state index is -0.814. The van der Waals surface area contributed by atoms with Crippen LogP contribution >= 0.6 is 0 Å². The molecule has 0 spiro atoms. The van der Waals surface area contributed by atoms with Crippen molar-refractivity contribution in [3.05, 3.63) is 85.1 Å². The van der Waals surface area contributed by atoms with Gasteiger partial charge in [-0.2, -0.15) is 0 Å². The van der Waals surface area contributed by atoms with E-state index in [0.717, 1.165) is 103 Å². The van der Waals surface area contributed by atoms with E-state index in [1.807, 2.05) is 12.2 Å². The molecule has 1 atom stereocenters. The second-order valence-corrected chi connectivity index (χ2v) is 15.6. The summed E-state index contributed by atoms with van der Waals surface area (Å²) in [5.41, 5.74) is 0. The number of allylic oxidation sites excluding steroid dienone is 14. The summed E-state index contributed by atoms with van der Waals surface area (Å²) in [6, 6.07) is 0. The highest BCUT2D eigenvalue weighted by Crippen LogP contribution is 2.12. The van der Waals surface area contributed by atoms with Gasteiger partial charge in [-0.25, -0.2) is 0 Å². The van der Waals surface area contributed by atoms with Crippen molar-refractivity contribution < 1.29 is 28.6 Å². The van der Waals surface area contributed by atoms with Gasteiger partial charge in [-0.15, -0.1) is 0 Å². The van der Waals surface area contributed by atoms with Crippen LogP contribution in [0.5, 0.6) is 0 Å². The van der Waals surface area contributed by atoms with Crippen molar-refractivity contribution in [2.45, 2.75) is 219 Å². The third kappa shape index (κ3) is 45.5. The third-order valence-electron chi connectivity index (χ3n) is 9.87. The largest absolute Gasteiger partial charge is 0.462 e. The molecule has 0 aromatic heterocycles. The van der Waals surface area contributed by atoms with Gasteiger partial charge in [-0.3, -0.25) is 14.4 Å². The molecule has 0 heterocycles. The minimum absolute atomic E-state index is 0.110. The van der Waals surface area contributed by atoms with Crippen LogP contribution in [0.1, 0.15) is 213 Å². The highest BCUT2D eigenvalue weighted by atomic mass is 16.6. The fourth-order valence-electron chi connectivity index (χ4n) is 6.23. The molecule has 6 nitrogen and oxygen atoms in total. The summed E-state index contributed by atoms with van der Waals surface area (Å²) < 4.78 is 16.7. The molecule has 0 aliphatic rings. The Hall–Kier alpha value is -3.41. The molecule has 1 unspecified atom stereocenters. The fourth-order valence-corrected chi connectivity index (χ4v) is 6.23. The zero-order valence-electron chi connectivity index (χ0n) is 38.2. The van der Waals surface area contributed by atoms with Gasteiger partial charge >= 0.3 is 17.9 Å². The van der Waals surface area contributed by atoms with Gasteiger partial charge < -0.3 is 14.2 Å². The molecule has 0 aromatic rings. The number of unbranched alkanes of at least 4 members (excludes halogenated alkanes) is 17. The van der Waals surface area contributed by atoms with Crippen LogP contribution in [0.3, 0.4) is 0 Å². The maximum Gasteiger partial charge on any atom is 0.306 e. The highest BCUT2D eigenvalue weighted by Gasteiger charge is 2.19. The van der Waals surface area contributed by atoms with Gasteiger partial charge in [-0.05, 0) is 96.3 Å². The topological polar surface area (TPSA) is 78.9 Å². The smallest absolute Gasteiger partial charge is 0.306 e. The van der Waals surface area contributed by atoms with Crippen molar-refractivity contribution in [1.82, 2.24) is 0 Å². The summed E-state index contributed by atoms with van der Waals surface area (Å²) in [4.78, 5) is 37.8. The van der Waals surface area contributed by atoms with Gasteiger partial charge in [0.1, 0.15) is 13.2 Å². The summed E-state index contributed by atoms with van der Waals surface area (Å²) in [6.45, 7) is 6.37. The van der Waals surface area contributed by atoms with E-state index in [1.165, 1.54) is 64.2 Å². The molecular formula is C53H88O6. The average molecular weight is 821 g/mol. The maximum absolute atomic E-state index is 12.7. The quantitative estimate of drug-likeness (QED) is 0.0264. The summed E-state index contributed by atoms with van der Waals surface area (Å²) in [6.07, 6.45) is 60.0. The summed E-state index contributed by atoms with van der Waals surface area (Å²) >= 11 is 0. The van der Waals surface area contributed by atoms with Crippen LogP contribution < -0.4 is 0 Å². The second kappa shape index (κ2) is 47.3. The van der Waals surface area contributed by atoms with Crippen molar-refractivity contribution in [1.29, 1.82) is 0 Å². The predicted molar refractivity (Wildman–Crippen MR) is 251 cm³/mol. The molecule has 336 valence electrons. The zero-order chi connectivity index (χ0) is 43.0. The van der Waals surface area contributed by atoms with E-state index in [-0.39, 0.29) is 37.5 Å². The number of hydrogen-bond acceptors (Lipinski definition) is 6. The van der Waals surface area contributed by atoms with Crippen LogP contribution in [0.25, 0.3) is 0 Å². The number of ether oxygens (including phenoxy) is 3. The number of carbonyl (C=O) groups excluding carboxylic acids is 3. The van der Waals surface area contributed by atoms with Crippen LogP contribution in [-0.4, -0.2) is 37.2 Å². The van der Waals surface area contributed by atoms with E-state index in [0.29, 0.717) is 19.3 Å². The van der Waals surface area contributed by atoms with Gasteiger partial charge in [0, 0.05) is 19.3 Å². The molecule has 0 radical (unpaired) electrons. The number of hydrogen-bond donors (Lipinski definition) is 0. The monoisotopic (exact) mass is 821 g/mol. The van der Waals surface area contributed by atoms with Gasteiger partial charge in [0.05, 0.1) is 0 Å². The van der Waals surface area contributed by atoms with Crippen LogP contribution in [0.4, 0.5) is 0 Å². The first-order valence-electron chi connectivity index (χ1n) is 24.1. The molecular weight excluding hydrogens is 733 g/mol. The van der Waals surface area contributed by atoms with Crippen LogP contribution in [0, 0.1) is 0 Å². The summed E-state index contributed by atoms with van der Waals surface area (Å²) in [5.74, 6) is -1.02. The number of rotatable bonds is 42. The lowest BCUT2D eigenvalue weighted by molar-refractivity contribution is -0.166. The first-order chi connectivity index (χ1) is 29.0. The SMILES string of the molecule is CC/C=C\C/C=C\C/C=C\C/C=C\CCC(=O)OCC(COC(=O)CCCCCCC/C=C\C/C=C\CCCC)OC(=O)CCCCCCC/C=C\CCCCCCC. The highest BCUT2D eigenvalue weighted by molar-refractivity contribution is 5.71. The molecule has 0 fully saturated rings. The second-order valence-electron chi connectivity index (χ2n) is 15.6. The summed E-state index contributed by atoms with van der Waals surface area (Å²) in [5, 5.41) is 0. The predicted octanol–water partition coefficient (Wildman–Crippen LogP) is 15.6. The molecule has 59 heavy (non-hydrogen) atoms.